The topological polar surface area (TPSA) is 97.0 Å². The molecule has 100 valence electrons. The second-order valence-electron chi connectivity index (χ2n) is 3.67. The Morgan fingerprint density at radius 1 is 1.53 bits per heavy atom. The van der Waals surface area contributed by atoms with Gasteiger partial charge >= 0.3 is 5.97 Å². The minimum atomic E-state index is -0.479. The summed E-state index contributed by atoms with van der Waals surface area (Å²) in [6.45, 7) is 3.72. The van der Waals surface area contributed by atoms with E-state index in [9.17, 15) is 9.59 Å². The first-order valence-corrected chi connectivity index (χ1v) is 6.40. The third-order valence-electron chi connectivity index (χ3n) is 2.40. The average molecular weight is 280 g/mol. The summed E-state index contributed by atoms with van der Waals surface area (Å²) < 4.78 is 8.55. The van der Waals surface area contributed by atoms with Crippen LogP contribution in [0.3, 0.4) is 0 Å². The van der Waals surface area contributed by atoms with Gasteiger partial charge in [-0.3, -0.25) is 4.79 Å². The predicted molar refractivity (Wildman–Crippen MR) is 69.3 cm³/mol. The molecule has 0 saturated carbocycles. The van der Waals surface area contributed by atoms with E-state index in [0.717, 1.165) is 11.5 Å². The molecule has 0 unspecified atom stereocenters. The summed E-state index contributed by atoms with van der Waals surface area (Å²) in [7, 11) is 0. The summed E-state index contributed by atoms with van der Waals surface area (Å²) in [5, 5.41) is 7.79. The molecule has 2 aromatic rings. The number of ether oxygens (including phenoxy) is 1. The lowest BCUT2D eigenvalue weighted by Gasteiger charge is -2.05. The van der Waals surface area contributed by atoms with Gasteiger partial charge in [-0.15, -0.1) is 5.10 Å². The van der Waals surface area contributed by atoms with Gasteiger partial charge in [0.25, 0.3) is 5.91 Å². The summed E-state index contributed by atoms with van der Waals surface area (Å²) in [4.78, 5) is 26.5. The van der Waals surface area contributed by atoms with Crippen molar-refractivity contribution in [3.8, 4) is 0 Å². The first-order valence-electron chi connectivity index (χ1n) is 5.57. The van der Waals surface area contributed by atoms with Gasteiger partial charge in [0.2, 0.25) is 0 Å². The van der Waals surface area contributed by atoms with E-state index in [-0.39, 0.29) is 12.3 Å². The number of esters is 1. The molecule has 0 spiro atoms. The molecular weight excluding hydrogens is 268 g/mol. The lowest BCUT2D eigenvalue weighted by Crippen LogP contribution is -2.15. The lowest BCUT2D eigenvalue weighted by molar-refractivity contribution is 0.0527. The van der Waals surface area contributed by atoms with E-state index in [2.05, 4.69) is 19.9 Å². The number of hydrogen-bond acceptors (Lipinski definition) is 6. The Kier molecular flexibility index (Phi) is 3.91. The minimum Gasteiger partial charge on any atom is -0.462 e. The molecule has 0 bridgehead atoms. The second-order valence-corrected chi connectivity index (χ2v) is 4.28. The van der Waals surface area contributed by atoms with Gasteiger partial charge in [0.05, 0.1) is 12.3 Å². The number of H-pyrrole nitrogens is 1. The van der Waals surface area contributed by atoms with Crippen LogP contribution >= 0.6 is 11.5 Å². The summed E-state index contributed by atoms with van der Waals surface area (Å²) in [5.74, 6) is -0.897. The Labute approximate surface area is 113 Å². The molecule has 0 saturated heterocycles. The van der Waals surface area contributed by atoms with Gasteiger partial charge in [-0.05, 0) is 25.4 Å². The number of carbonyl (C=O) groups excluding carboxylic acids is 2. The van der Waals surface area contributed by atoms with Crippen LogP contribution in [0.2, 0.25) is 0 Å². The van der Waals surface area contributed by atoms with E-state index in [1.165, 1.54) is 5.38 Å². The highest BCUT2D eigenvalue weighted by Crippen LogP contribution is 2.21. The first kappa shape index (κ1) is 13.2. The minimum absolute atomic E-state index is 0.207. The molecular formula is C11H12N4O3S. The van der Waals surface area contributed by atoms with E-state index in [1.807, 2.05) is 0 Å². The normalized spacial score (nSPS) is 10.2. The third-order valence-corrected chi connectivity index (χ3v) is 2.90. The zero-order valence-corrected chi connectivity index (χ0v) is 11.2. The number of rotatable bonds is 4. The third kappa shape index (κ3) is 2.79. The fraction of sp³-hybridized carbons (Fsp3) is 0.273. The smallest absolute Gasteiger partial charge is 0.342 e. The molecule has 19 heavy (non-hydrogen) atoms. The summed E-state index contributed by atoms with van der Waals surface area (Å²) in [5.41, 5.74) is 1.52. The molecule has 0 aliphatic heterocycles. The van der Waals surface area contributed by atoms with E-state index in [4.69, 9.17) is 4.74 Å². The molecule has 8 heteroatoms. The quantitative estimate of drug-likeness (QED) is 0.829. The summed E-state index contributed by atoms with van der Waals surface area (Å²) in [6.07, 6.45) is 1.54. The standard InChI is InChI=1S/C11H12N4O3S/c1-3-18-11(17)9-6(2)12-4-7(9)13-10(16)8-5-19-15-14-8/h4-5,12H,3H2,1-2H3,(H,13,16). The van der Waals surface area contributed by atoms with Crippen molar-refractivity contribution in [3.63, 3.8) is 0 Å². The molecule has 0 aliphatic carbocycles. The van der Waals surface area contributed by atoms with Crippen molar-refractivity contribution in [1.29, 1.82) is 0 Å². The van der Waals surface area contributed by atoms with Crippen molar-refractivity contribution >= 4 is 29.1 Å². The highest BCUT2D eigenvalue weighted by atomic mass is 32.1. The van der Waals surface area contributed by atoms with Crippen LogP contribution in [0.25, 0.3) is 0 Å². The van der Waals surface area contributed by atoms with Crippen molar-refractivity contribution in [2.45, 2.75) is 13.8 Å². The Hall–Kier alpha value is -2.22. The van der Waals surface area contributed by atoms with Crippen LogP contribution in [0.15, 0.2) is 11.6 Å². The van der Waals surface area contributed by atoms with Crippen LogP contribution in [0.5, 0.6) is 0 Å². The highest BCUT2D eigenvalue weighted by molar-refractivity contribution is 7.03. The van der Waals surface area contributed by atoms with E-state index in [1.54, 1.807) is 20.0 Å². The van der Waals surface area contributed by atoms with Crippen molar-refractivity contribution in [1.82, 2.24) is 14.6 Å². The Bertz CT molecular complexity index is 591. The number of aromatic nitrogens is 3. The van der Waals surface area contributed by atoms with Crippen LogP contribution in [0, 0.1) is 6.92 Å². The molecule has 7 nitrogen and oxygen atoms in total. The van der Waals surface area contributed by atoms with Gasteiger partial charge in [-0.25, -0.2) is 4.79 Å². The lowest BCUT2D eigenvalue weighted by atomic mass is 10.2. The van der Waals surface area contributed by atoms with Gasteiger partial charge in [0.1, 0.15) is 5.56 Å². The molecule has 0 atom stereocenters. The molecule has 2 rings (SSSR count). The number of carbonyl (C=O) groups is 2. The molecule has 0 fully saturated rings. The number of nitrogens with zero attached hydrogens (tertiary/aromatic N) is 2. The maximum Gasteiger partial charge on any atom is 0.342 e. The Balaban J connectivity index is 2.21. The molecule has 2 aromatic heterocycles. The van der Waals surface area contributed by atoms with Crippen molar-refractivity contribution in [2.75, 3.05) is 11.9 Å². The van der Waals surface area contributed by atoms with E-state index in [0.29, 0.717) is 16.9 Å². The van der Waals surface area contributed by atoms with Gasteiger partial charge in [0, 0.05) is 17.3 Å². The number of amides is 1. The maximum atomic E-state index is 11.8. The van der Waals surface area contributed by atoms with Crippen LogP contribution in [0.1, 0.15) is 33.5 Å². The van der Waals surface area contributed by atoms with Crippen molar-refractivity contribution in [2.24, 2.45) is 0 Å². The van der Waals surface area contributed by atoms with Crippen LogP contribution < -0.4 is 5.32 Å². The summed E-state index contributed by atoms with van der Waals surface area (Å²) >= 11 is 1.08. The van der Waals surface area contributed by atoms with Gasteiger partial charge < -0.3 is 15.0 Å². The zero-order chi connectivity index (χ0) is 13.8. The number of anilines is 1. The first-order chi connectivity index (χ1) is 9.13. The molecule has 2 N–H and O–H groups in total. The fourth-order valence-electron chi connectivity index (χ4n) is 1.54. The molecule has 0 aromatic carbocycles. The number of aromatic amines is 1. The van der Waals surface area contributed by atoms with Gasteiger partial charge in [-0.2, -0.15) is 0 Å². The number of nitrogens with one attached hydrogen (secondary N) is 2. The highest BCUT2D eigenvalue weighted by Gasteiger charge is 2.20. The van der Waals surface area contributed by atoms with Gasteiger partial charge in [-0.1, -0.05) is 4.49 Å². The number of hydrogen-bond donors (Lipinski definition) is 2. The SMILES string of the molecule is CCOC(=O)c1c(NC(=O)c2csnn2)c[nH]c1C. The van der Waals surface area contributed by atoms with Crippen LogP contribution in [0.4, 0.5) is 5.69 Å². The Morgan fingerprint density at radius 2 is 2.32 bits per heavy atom. The largest absolute Gasteiger partial charge is 0.462 e. The monoisotopic (exact) mass is 280 g/mol. The molecule has 0 aliphatic rings. The zero-order valence-electron chi connectivity index (χ0n) is 10.4. The second kappa shape index (κ2) is 5.61. The number of aryl methyl sites for hydroxylation is 1. The Morgan fingerprint density at radius 3 is 2.95 bits per heavy atom. The molecule has 1 amide bonds. The summed E-state index contributed by atoms with van der Waals surface area (Å²) in [6, 6.07) is 0. The van der Waals surface area contributed by atoms with Crippen LogP contribution in [-0.2, 0) is 4.74 Å². The average Bonchev–Trinajstić information content (AvgIpc) is 2.99. The molecule has 2 heterocycles. The van der Waals surface area contributed by atoms with Gasteiger partial charge in [0.15, 0.2) is 5.69 Å². The molecule has 0 radical (unpaired) electrons. The predicted octanol–water partition coefficient (Wildman–Crippen LogP) is 1.60. The van der Waals surface area contributed by atoms with Crippen LogP contribution in [-0.4, -0.2) is 33.1 Å². The van der Waals surface area contributed by atoms with E-state index < -0.39 is 11.9 Å². The van der Waals surface area contributed by atoms with Crippen molar-refractivity contribution in [3.05, 3.63) is 28.5 Å². The van der Waals surface area contributed by atoms with E-state index >= 15 is 0 Å². The fourth-order valence-corrected chi connectivity index (χ4v) is 1.98. The maximum absolute atomic E-state index is 11.8. The van der Waals surface area contributed by atoms with Crippen molar-refractivity contribution < 1.29 is 14.3 Å².